The number of halogens is 2. The third-order valence-corrected chi connectivity index (χ3v) is 4.30. The molecule has 1 aromatic rings. The molecule has 0 N–H and O–H groups in total. The number of alkyl halides is 1. The molecule has 100 valence electrons. The van der Waals surface area contributed by atoms with Crippen molar-refractivity contribution in [1.82, 2.24) is 9.97 Å². The van der Waals surface area contributed by atoms with Crippen molar-refractivity contribution in [2.45, 2.75) is 50.4 Å². The standard InChI is InChI=1S/C13H19Cl2N3/c1-18(10-6-4-2-3-5-7-10)13-11(8-14)12(15)16-9-17-13/h9-10H,2-8H2,1H3. The highest BCUT2D eigenvalue weighted by Gasteiger charge is 2.21. The first kappa shape index (κ1) is 13.9. The molecule has 1 heterocycles. The molecule has 1 aromatic heterocycles. The van der Waals surface area contributed by atoms with Crippen LogP contribution in [0.15, 0.2) is 6.33 Å². The third-order valence-electron chi connectivity index (χ3n) is 3.71. The summed E-state index contributed by atoms with van der Waals surface area (Å²) in [6.45, 7) is 0. The molecule has 3 nitrogen and oxygen atoms in total. The first-order chi connectivity index (χ1) is 8.74. The predicted molar refractivity (Wildman–Crippen MR) is 76.5 cm³/mol. The second-order valence-corrected chi connectivity index (χ2v) is 5.48. The average molecular weight is 288 g/mol. The summed E-state index contributed by atoms with van der Waals surface area (Å²) in [6.07, 6.45) is 9.24. The largest absolute Gasteiger partial charge is 0.356 e. The Balaban J connectivity index is 2.21. The zero-order valence-corrected chi connectivity index (χ0v) is 12.2. The second-order valence-electron chi connectivity index (χ2n) is 4.86. The van der Waals surface area contributed by atoms with Gasteiger partial charge < -0.3 is 4.90 Å². The summed E-state index contributed by atoms with van der Waals surface area (Å²) in [6, 6.07) is 0.542. The summed E-state index contributed by atoms with van der Waals surface area (Å²) in [4.78, 5) is 10.6. The van der Waals surface area contributed by atoms with Crippen LogP contribution in [0.3, 0.4) is 0 Å². The highest BCUT2D eigenvalue weighted by molar-refractivity contribution is 6.31. The number of aromatic nitrogens is 2. The molecule has 0 spiro atoms. The lowest BCUT2D eigenvalue weighted by molar-refractivity contribution is 0.548. The van der Waals surface area contributed by atoms with Gasteiger partial charge in [-0.2, -0.15) is 0 Å². The maximum atomic E-state index is 6.08. The van der Waals surface area contributed by atoms with Crippen molar-refractivity contribution in [2.24, 2.45) is 0 Å². The van der Waals surface area contributed by atoms with Crippen LogP contribution >= 0.6 is 23.2 Å². The fraction of sp³-hybridized carbons (Fsp3) is 0.692. The molecule has 0 unspecified atom stereocenters. The van der Waals surface area contributed by atoms with Gasteiger partial charge in [0.05, 0.1) is 5.88 Å². The Morgan fingerprint density at radius 3 is 2.50 bits per heavy atom. The minimum atomic E-state index is 0.353. The number of hydrogen-bond donors (Lipinski definition) is 0. The van der Waals surface area contributed by atoms with E-state index in [4.69, 9.17) is 23.2 Å². The maximum Gasteiger partial charge on any atom is 0.138 e. The summed E-state index contributed by atoms with van der Waals surface area (Å²) in [5.74, 6) is 1.24. The van der Waals surface area contributed by atoms with Crippen molar-refractivity contribution >= 4 is 29.0 Å². The molecule has 0 amide bonds. The van der Waals surface area contributed by atoms with Gasteiger partial charge >= 0.3 is 0 Å². The van der Waals surface area contributed by atoms with E-state index in [1.807, 2.05) is 0 Å². The topological polar surface area (TPSA) is 29.0 Å². The molecular formula is C13H19Cl2N3. The Kier molecular flexibility index (Phi) is 5.07. The van der Waals surface area contributed by atoms with E-state index in [-0.39, 0.29) is 0 Å². The molecule has 1 saturated carbocycles. The molecule has 2 rings (SSSR count). The number of rotatable bonds is 3. The molecular weight excluding hydrogens is 269 g/mol. The van der Waals surface area contributed by atoms with Gasteiger partial charge in [0.25, 0.3) is 0 Å². The Morgan fingerprint density at radius 1 is 1.22 bits per heavy atom. The second kappa shape index (κ2) is 6.58. The molecule has 1 aliphatic carbocycles. The molecule has 1 fully saturated rings. The van der Waals surface area contributed by atoms with E-state index in [1.54, 1.807) is 0 Å². The first-order valence-electron chi connectivity index (χ1n) is 6.52. The van der Waals surface area contributed by atoms with E-state index in [0.29, 0.717) is 17.1 Å². The van der Waals surface area contributed by atoms with E-state index >= 15 is 0 Å². The lowest BCUT2D eigenvalue weighted by atomic mass is 10.1. The lowest BCUT2D eigenvalue weighted by Gasteiger charge is -2.29. The van der Waals surface area contributed by atoms with Gasteiger partial charge in [0.15, 0.2) is 0 Å². The van der Waals surface area contributed by atoms with Gasteiger partial charge in [-0.25, -0.2) is 9.97 Å². The molecule has 0 aromatic carbocycles. The minimum Gasteiger partial charge on any atom is -0.356 e. The summed E-state index contributed by atoms with van der Waals surface area (Å²) in [5, 5.41) is 0.468. The molecule has 0 radical (unpaired) electrons. The highest BCUT2D eigenvalue weighted by Crippen LogP contribution is 2.29. The minimum absolute atomic E-state index is 0.353. The lowest BCUT2D eigenvalue weighted by Crippen LogP contribution is -2.32. The average Bonchev–Trinajstić information content (AvgIpc) is 2.66. The Bertz CT molecular complexity index is 390. The van der Waals surface area contributed by atoms with Crippen LogP contribution in [-0.2, 0) is 5.88 Å². The molecule has 0 aliphatic heterocycles. The van der Waals surface area contributed by atoms with E-state index in [1.165, 1.54) is 44.9 Å². The van der Waals surface area contributed by atoms with E-state index < -0.39 is 0 Å². The predicted octanol–water partition coefficient (Wildman–Crippen LogP) is 4.03. The summed E-state index contributed by atoms with van der Waals surface area (Å²) >= 11 is 12.0. The van der Waals surface area contributed by atoms with Crippen LogP contribution < -0.4 is 4.90 Å². The van der Waals surface area contributed by atoms with Gasteiger partial charge in [-0.15, -0.1) is 11.6 Å². The van der Waals surface area contributed by atoms with Crippen LogP contribution in [0.5, 0.6) is 0 Å². The Hall–Kier alpha value is -0.540. The summed E-state index contributed by atoms with van der Waals surface area (Å²) < 4.78 is 0. The van der Waals surface area contributed by atoms with Crippen LogP contribution in [0.25, 0.3) is 0 Å². The van der Waals surface area contributed by atoms with Crippen LogP contribution in [-0.4, -0.2) is 23.1 Å². The van der Waals surface area contributed by atoms with Crippen LogP contribution in [0, 0.1) is 0 Å². The normalized spacial score (nSPS) is 17.5. The van der Waals surface area contributed by atoms with Crippen molar-refractivity contribution in [3.63, 3.8) is 0 Å². The summed E-state index contributed by atoms with van der Waals surface area (Å²) in [7, 11) is 2.09. The monoisotopic (exact) mass is 287 g/mol. The van der Waals surface area contributed by atoms with E-state index in [2.05, 4.69) is 21.9 Å². The van der Waals surface area contributed by atoms with Crippen molar-refractivity contribution in [1.29, 1.82) is 0 Å². The fourth-order valence-corrected chi connectivity index (χ4v) is 3.13. The molecule has 18 heavy (non-hydrogen) atoms. The van der Waals surface area contributed by atoms with E-state index in [9.17, 15) is 0 Å². The van der Waals surface area contributed by atoms with Gasteiger partial charge in [0.1, 0.15) is 17.3 Å². The third kappa shape index (κ3) is 3.07. The van der Waals surface area contributed by atoms with Crippen molar-refractivity contribution in [3.8, 4) is 0 Å². The molecule has 5 heteroatoms. The van der Waals surface area contributed by atoms with Gasteiger partial charge in [-0.1, -0.05) is 37.3 Å². The van der Waals surface area contributed by atoms with Gasteiger partial charge in [-0.3, -0.25) is 0 Å². The number of hydrogen-bond acceptors (Lipinski definition) is 3. The highest BCUT2D eigenvalue weighted by atomic mass is 35.5. The zero-order chi connectivity index (χ0) is 13.0. The van der Waals surface area contributed by atoms with Gasteiger partial charge in [0.2, 0.25) is 0 Å². The SMILES string of the molecule is CN(c1ncnc(Cl)c1CCl)C1CCCCCC1. The van der Waals surface area contributed by atoms with E-state index in [0.717, 1.165) is 11.4 Å². The Labute approximate surface area is 119 Å². The molecule has 0 bridgehead atoms. The first-order valence-corrected chi connectivity index (χ1v) is 7.43. The van der Waals surface area contributed by atoms with Crippen molar-refractivity contribution in [3.05, 3.63) is 17.0 Å². The van der Waals surface area contributed by atoms with Crippen LogP contribution in [0.1, 0.15) is 44.1 Å². The van der Waals surface area contributed by atoms with Gasteiger partial charge in [-0.05, 0) is 12.8 Å². The number of anilines is 1. The zero-order valence-electron chi connectivity index (χ0n) is 10.7. The summed E-state index contributed by atoms with van der Waals surface area (Å²) in [5.41, 5.74) is 0.840. The molecule has 1 aliphatic rings. The fourth-order valence-electron chi connectivity index (χ4n) is 2.62. The van der Waals surface area contributed by atoms with Crippen LogP contribution in [0.4, 0.5) is 5.82 Å². The quantitative estimate of drug-likeness (QED) is 0.478. The molecule has 0 atom stereocenters. The van der Waals surface area contributed by atoms with Crippen LogP contribution in [0.2, 0.25) is 5.15 Å². The van der Waals surface area contributed by atoms with Crippen molar-refractivity contribution in [2.75, 3.05) is 11.9 Å². The van der Waals surface area contributed by atoms with Gasteiger partial charge in [0, 0.05) is 18.7 Å². The Morgan fingerprint density at radius 2 is 1.89 bits per heavy atom. The smallest absolute Gasteiger partial charge is 0.138 e. The maximum absolute atomic E-state index is 6.08. The molecule has 0 saturated heterocycles. The van der Waals surface area contributed by atoms with Crippen molar-refractivity contribution < 1.29 is 0 Å². The number of nitrogens with zero attached hydrogens (tertiary/aromatic N) is 3.